The molecule has 0 aliphatic carbocycles. The Morgan fingerprint density at radius 2 is 0.881 bits per heavy atom. The summed E-state index contributed by atoms with van der Waals surface area (Å²) in [7, 11) is 0. The van der Waals surface area contributed by atoms with Crippen molar-refractivity contribution in [1.29, 1.82) is 0 Å². The summed E-state index contributed by atoms with van der Waals surface area (Å²) in [5, 5.41) is 5.21. The molecule has 2 nitrogen and oxygen atoms in total. The van der Waals surface area contributed by atoms with Gasteiger partial charge in [0.25, 0.3) is 0 Å². The second-order valence-electron chi connectivity index (χ2n) is 11.1. The van der Waals surface area contributed by atoms with Gasteiger partial charge >= 0.3 is 0 Å². The van der Waals surface area contributed by atoms with E-state index in [0.717, 1.165) is 8.95 Å². The Labute approximate surface area is 266 Å². The molecule has 0 aliphatic rings. The third-order valence-electron chi connectivity index (χ3n) is 8.37. The minimum absolute atomic E-state index is 1.09. The van der Waals surface area contributed by atoms with Gasteiger partial charge in [0, 0.05) is 51.3 Å². The lowest BCUT2D eigenvalue weighted by atomic mass is 10.1. The van der Waals surface area contributed by atoms with Crippen LogP contribution in [0.3, 0.4) is 0 Å². The fourth-order valence-electron chi connectivity index (χ4n) is 6.40. The van der Waals surface area contributed by atoms with Gasteiger partial charge in [-0.1, -0.05) is 79.4 Å². The van der Waals surface area contributed by atoms with E-state index in [1.807, 2.05) is 22.7 Å². The highest BCUT2D eigenvalue weighted by Crippen LogP contribution is 2.48. The first-order valence-electron chi connectivity index (χ1n) is 13.8. The topological polar surface area (TPSA) is 9.86 Å². The van der Waals surface area contributed by atoms with Crippen molar-refractivity contribution in [3.05, 3.63) is 117 Å². The summed E-state index contributed by atoms with van der Waals surface area (Å²) in [6, 6.07) is 36.0. The van der Waals surface area contributed by atoms with Gasteiger partial charge in [0.1, 0.15) is 0 Å². The van der Waals surface area contributed by atoms with Crippen molar-refractivity contribution >= 4 is 117 Å². The molecular weight excluding hydrogens is 684 g/mol. The van der Waals surface area contributed by atoms with Crippen molar-refractivity contribution in [1.82, 2.24) is 9.13 Å². The summed E-state index contributed by atoms with van der Waals surface area (Å²) in [5.74, 6) is 0. The molecule has 0 unspecified atom stereocenters. The Hall–Kier alpha value is -3.42. The molecule has 0 spiro atoms. The molecule has 0 fully saturated rings. The fourth-order valence-corrected chi connectivity index (χ4v) is 9.58. The van der Waals surface area contributed by atoms with Gasteiger partial charge in [-0.25, -0.2) is 0 Å². The highest BCUT2D eigenvalue weighted by atomic mass is 79.9. The monoisotopic (exact) mass is 704 g/mol. The Morgan fingerprint density at radius 1 is 0.476 bits per heavy atom. The van der Waals surface area contributed by atoms with Gasteiger partial charge in [0.2, 0.25) is 0 Å². The third kappa shape index (κ3) is 3.53. The number of fused-ring (bicyclic) bond motifs is 10. The molecule has 0 aliphatic heterocycles. The average molecular weight is 707 g/mol. The number of thiophene rings is 2. The number of halogens is 2. The van der Waals surface area contributed by atoms with Crippen LogP contribution in [0.15, 0.2) is 106 Å². The fraction of sp³-hybridized carbons (Fsp3) is 0.0556. The van der Waals surface area contributed by atoms with Gasteiger partial charge in [0.05, 0.1) is 31.5 Å². The van der Waals surface area contributed by atoms with Crippen LogP contribution >= 0.6 is 54.5 Å². The Bertz CT molecular complexity index is 2360. The molecule has 202 valence electrons. The van der Waals surface area contributed by atoms with E-state index in [-0.39, 0.29) is 0 Å². The molecule has 0 radical (unpaired) electrons. The molecule has 0 amide bonds. The van der Waals surface area contributed by atoms with Crippen molar-refractivity contribution in [2.45, 2.75) is 13.8 Å². The largest absolute Gasteiger partial charge is 0.308 e. The standard InChI is InChI=1S/C36H22Br2N2S2/c1-19-3-9-23(10-4-19)39-29-15-21(37)7-13-25(29)35-33(39)27-17-32-28(18-31(27)41-35)34-36(42-32)26-14-8-22(38)16-30(26)40(34)24-11-5-20(2)6-12-24/h3-18H,1-2H3. The third-order valence-corrected chi connectivity index (χ3v) is 11.7. The van der Waals surface area contributed by atoms with E-state index in [2.05, 4.69) is 152 Å². The van der Waals surface area contributed by atoms with E-state index < -0.39 is 0 Å². The lowest BCUT2D eigenvalue weighted by molar-refractivity contribution is 1.18. The van der Waals surface area contributed by atoms with Crippen molar-refractivity contribution in [3.63, 3.8) is 0 Å². The molecular formula is C36H22Br2N2S2. The second kappa shape index (κ2) is 9.04. The van der Waals surface area contributed by atoms with E-state index in [1.165, 1.54) is 84.9 Å². The summed E-state index contributed by atoms with van der Waals surface area (Å²) in [6.07, 6.45) is 0. The van der Waals surface area contributed by atoms with Gasteiger partial charge in [0.15, 0.2) is 0 Å². The van der Waals surface area contributed by atoms with Crippen LogP contribution in [-0.2, 0) is 0 Å². The van der Waals surface area contributed by atoms with Gasteiger partial charge in [-0.15, -0.1) is 22.7 Å². The van der Waals surface area contributed by atoms with Gasteiger partial charge < -0.3 is 9.13 Å². The first kappa shape index (κ1) is 25.1. The zero-order chi connectivity index (χ0) is 28.3. The molecule has 4 aromatic heterocycles. The maximum absolute atomic E-state index is 3.73. The van der Waals surface area contributed by atoms with Crippen LogP contribution in [0.1, 0.15) is 11.1 Å². The summed E-state index contributed by atoms with van der Waals surface area (Å²) in [6.45, 7) is 4.29. The Kier molecular flexibility index (Phi) is 5.41. The molecule has 5 aromatic carbocycles. The highest BCUT2D eigenvalue weighted by Gasteiger charge is 2.22. The Balaban J connectivity index is 1.42. The lowest BCUT2D eigenvalue weighted by Gasteiger charge is -2.10. The summed E-state index contributed by atoms with van der Waals surface area (Å²) >= 11 is 11.3. The van der Waals surface area contributed by atoms with Crippen LogP contribution in [0, 0.1) is 13.8 Å². The van der Waals surface area contributed by atoms with Crippen LogP contribution in [0.25, 0.3) is 73.8 Å². The number of hydrogen-bond donors (Lipinski definition) is 0. The molecule has 0 N–H and O–H groups in total. The summed E-state index contributed by atoms with van der Waals surface area (Å²) in [4.78, 5) is 0. The maximum atomic E-state index is 3.73. The van der Waals surface area contributed by atoms with Crippen molar-refractivity contribution in [2.75, 3.05) is 0 Å². The molecule has 6 heteroatoms. The highest BCUT2D eigenvalue weighted by molar-refractivity contribution is 9.10. The average Bonchev–Trinajstić information content (AvgIpc) is 3.69. The van der Waals surface area contributed by atoms with Crippen LogP contribution in [0.2, 0.25) is 0 Å². The van der Waals surface area contributed by atoms with Crippen LogP contribution in [0.4, 0.5) is 0 Å². The lowest BCUT2D eigenvalue weighted by Crippen LogP contribution is -1.94. The zero-order valence-electron chi connectivity index (χ0n) is 22.7. The minimum atomic E-state index is 1.09. The number of aryl methyl sites for hydroxylation is 2. The van der Waals surface area contributed by atoms with Crippen molar-refractivity contribution in [2.24, 2.45) is 0 Å². The van der Waals surface area contributed by atoms with Crippen LogP contribution in [0.5, 0.6) is 0 Å². The normalized spacial score (nSPS) is 12.3. The number of benzene rings is 5. The first-order chi connectivity index (χ1) is 20.4. The number of hydrogen-bond acceptors (Lipinski definition) is 2. The smallest absolute Gasteiger partial charge is 0.0728 e. The number of aromatic nitrogens is 2. The van der Waals surface area contributed by atoms with Gasteiger partial charge in [-0.2, -0.15) is 0 Å². The van der Waals surface area contributed by atoms with Crippen molar-refractivity contribution in [3.8, 4) is 11.4 Å². The number of nitrogens with zero attached hydrogens (tertiary/aromatic N) is 2. The molecule has 0 bridgehead atoms. The first-order valence-corrected chi connectivity index (χ1v) is 17.0. The SMILES string of the molecule is Cc1ccc(-n2c3cc(Br)ccc3c3sc4cc5c(cc4c32)sc2c3ccc(Br)cc3n(-c3ccc(C)cc3)c52)cc1. The van der Waals surface area contributed by atoms with E-state index in [4.69, 9.17) is 0 Å². The van der Waals surface area contributed by atoms with E-state index in [9.17, 15) is 0 Å². The quantitative estimate of drug-likeness (QED) is 0.169. The molecule has 0 saturated heterocycles. The van der Waals surface area contributed by atoms with E-state index >= 15 is 0 Å². The molecule has 42 heavy (non-hydrogen) atoms. The van der Waals surface area contributed by atoms with Gasteiger partial charge in [-0.3, -0.25) is 0 Å². The molecule has 9 rings (SSSR count). The second-order valence-corrected chi connectivity index (χ2v) is 15.0. The van der Waals surface area contributed by atoms with Crippen molar-refractivity contribution < 1.29 is 0 Å². The summed E-state index contributed by atoms with van der Waals surface area (Å²) in [5.41, 5.74) is 9.97. The molecule has 0 saturated carbocycles. The summed E-state index contributed by atoms with van der Waals surface area (Å²) < 4.78 is 12.4. The molecule has 4 heterocycles. The van der Waals surface area contributed by atoms with Gasteiger partial charge in [-0.05, 0) is 74.5 Å². The zero-order valence-corrected chi connectivity index (χ0v) is 27.5. The predicted octanol–water partition coefficient (Wildman–Crippen LogP) is 12.5. The van der Waals surface area contributed by atoms with Crippen LogP contribution < -0.4 is 0 Å². The number of rotatable bonds is 2. The maximum Gasteiger partial charge on any atom is 0.0728 e. The van der Waals surface area contributed by atoms with E-state index in [0.29, 0.717) is 0 Å². The molecule has 9 aromatic rings. The Morgan fingerprint density at radius 3 is 1.29 bits per heavy atom. The minimum Gasteiger partial charge on any atom is -0.308 e. The van der Waals surface area contributed by atoms with E-state index in [1.54, 1.807) is 0 Å². The van der Waals surface area contributed by atoms with Crippen LogP contribution in [-0.4, -0.2) is 9.13 Å². The molecule has 0 atom stereocenters. The predicted molar refractivity (Wildman–Crippen MR) is 191 cm³/mol.